The lowest BCUT2D eigenvalue weighted by Gasteiger charge is -2.10. The summed E-state index contributed by atoms with van der Waals surface area (Å²) in [6.07, 6.45) is 0.394. The van der Waals surface area contributed by atoms with Gasteiger partial charge in [0.1, 0.15) is 0 Å². The lowest BCUT2D eigenvalue weighted by atomic mass is 10.0. The van der Waals surface area contributed by atoms with Crippen molar-refractivity contribution in [1.29, 1.82) is 0 Å². The second kappa shape index (κ2) is 4.20. The molecule has 0 aliphatic rings. The Morgan fingerprint density at radius 2 is 2.15 bits per heavy atom. The molecule has 0 saturated heterocycles. The molecule has 0 aliphatic heterocycles. The van der Waals surface area contributed by atoms with Crippen LogP contribution in [0.4, 0.5) is 4.39 Å². The molecule has 0 radical (unpaired) electrons. The highest BCUT2D eigenvalue weighted by molar-refractivity contribution is 5.30. The Labute approximate surface area is 75.6 Å². The maximum atomic E-state index is 12.6. The number of hydrogen-bond acceptors (Lipinski definition) is 3. The number of aliphatic hydroxyl groups is 1. The van der Waals surface area contributed by atoms with Gasteiger partial charge in [0.25, 0.3) is 0 Å². The van der Waals surface area contributed by atoms with Crippen LogP contribution in [-0.4, -0.2) is 16.8 Å². The summed E-state index contributed by atoms with van der Waals surface area (Å²) in [5.41, 5.74) is 6.25. The molecule has 1 atom stereocenters. The van der Waals surface area contributed by atoms with Crippen molar-refractivity contribution in [2.45, 2.75) is 12.5 Å². The zero-order valence-corrected chi connectivity index (χ0v) is 7.07. The van der Waals surface area contributed by atoms with E-state index in [1.54, 1.807) is 0 Å². The van der Waals surface area contributed by atoms with Crippen molar-refractivity contribution in [3.63, 3.8) is 0 Å². The number of phenols is 1. The first kappa shape index (κ1) is 9.95. The summed E-state index contributed by atoms with van der Waals surface area (Å²) >= 11 is 0. The predicted octanol–water partition coefficient (Wildman–Crippen LogP) is 0.913. The summed E-state index contributed by atoms with van der Waals surface area (Å²) in [4.78, 5) is 0. The molecule has 13 heavy (non-hydrogen) atoms. The number of benzene rings is 1. The maximum Gasteiger partial charge on any atom is 0.164 e. The van der Waals surface area contributed by atoms with Crippen molar-refractivity contribution in [1.82, 2.24) is 0 Å². The average Bonchev–Trinajstić information content (AvgIpc) is 2.10. The number of rotatable bonds is 3. The van der Waals surface area contributed by atoms with Gasteiger partial charge in [-0.15, -0.1) is 0 Å². The largest absolute Gasteiger partial charge is 0.505 e. The van der Waals surface area contributed by atoms with Crippen LogP contribution in [-0.2, 0) is 0 Å². The summed E-state index contributed by atoms with van der Waals surface area (Å²) in [6.45, 7) is -0.0285. The highest BCUT2D eigenvalue weighted by atomic mass is 19.1. The van der Waals surface area contributed by atoms with Crippen LogP contribution in [0, 0.1) is 5.82 Å². The minimum atomic E-state index is -0.667. The maximum absolute atomic E-state index is 12.6. The lowest BCUT2D eigenvalue weighted by molar-refractivity contribution is 0.276. The van der Waals surface area contributed by atoms with E-state index in [4.69, 9.17) is 15.9 Å². The van der Waals surface area contributed by atoms with Gasteiger partial charge in [-0.1, -0.05) is 6.07 Å². The van der Waals surface area contributed by atoms with Crippen LogP contribution in [0.5, 0.6) is 5.75 Å². The highest BCUT2D eigenvalue weighted by Gasteiger charge is 2.07. The molecule has 1 rings (SSSR count). The van der Waals surface area contributed by atoms with Gasteiger partial charge in [-0.25, -0.2) is 4.39 Å². The Bertz CT molecular complexity index is 291. The minimum absolute atomic E-state index is 0.0285. The highest BCUT2D eigenvalue weighted by Crippen LogP contribution is 2.21. The van der Waals surface area contributed by atoms with Crippen LogP contribution in [0.1, 0.15) is 18.0 Å². The molecule has 0 aliphatic carbocycles. The van der Waals surface area contributed by atoms with Crippen LogP contribution in [0.25, 0.3) is 0 Å². The number of aliphatic hydroxyl groups excluding tert-OH is 1. The molecule has 0 fully saturated rings. The normalized spacial score (nSPS) is 12.8. The van der Waals surface area contributed by atoms with Gasteiger partial charge in [0, 0.05) is 12.6 Å². The summed E-state index contributed by atoms with van der Waals surface area (Å²) in [5.74, 6) is -1.08. The Morgan fingerprint density at radius 1 is 1.46 bits per heavy atom. The van der Waals surface area contributed by atoms with Crippen molar-refractivity contribution in [2.75, 3.05) is 6.61 Å². The summed E-state index contributed by atoms with van der Waals surface area (Å²) < 4.78 is 12.6. The van der Waals surface area contributed by atoms with Gasteiger partial charge in [0.2, 0.25) is 0 Å². The smallest absolute Gasteiger partial charge is 0.164 e. The van der Waals surface area contributed by atoms with E-state index in [0.717, 1.165) is 6.07 Å². The fourth-order valence-electron chi connectivity index (χ4n) is 1.07. The second-order valence-corrected chi connectivity index (χ2v) is 2.83. The topological polar surface area (TPSA) is 66.5 Å². The fraction of sp³-hybridized carbons (Fsp3) is 0.333. The van der Waals surface area contributed by atoms with Crippen molar-refractivity contribution in [3.05, 3.63) is 29.6 Å². The molecule has 1 aromatic rings. The van der Waals surface area contributed by atoms with E-state index in [9.17, 15) is 4.39 Å². The van der Waals surface area contributed by atoms with Gasteiger partial charge >= 0.3 is 0 Å². The van der Waals surface area contributed by atoms with Crippen LogP contribution < -0.4 is 5.73 Å². The van der Waals surface area contributed by atoms with E-state index in [1.807, 2.05) is 0 Å². The Balaban J connectivity index is 2.84. The van der Waals surface area contributed by atoms with Crippen molar-refractivity contribution in [3.8, 4) is 5.75 Å². The Hall–Kier alpha value is -1.13. The first-order chi connectivity index (χ1) is 6.15. The lowest BCUT2D eigenvalue weighted by Crippen LogP contribution is -2.11. The molecule has 72 valence electrons. The Morgan fingerprint density at radius 3 is 2.69 bits per heavy atom. The van der Waals surface area contributed by atoms with Crippen molar-refractivity contribution >= 4 is 0 Å². The molecule has 0 amide bonds. The number of aromatic hydroxyl groups is 1. The fourth-order valence-corrected chi connectivity index (χ4v) is 1.07. The van der Waals surface area contributed by atoms with Gasteiger partial charge in [0.05, 0.1) is 0 Å². The van der Waals surface area contributed by atoms with E-state index >= 15 is 0 Å². The van der Waals surface area contributed by atoms with Crippen molar-refractivity contribution < 1.29 is 14.6 Å². The first-order valence-electron chi connectivity index (χ1n) is 4.00. The molecule has 0 saturated carbocycles. The van der Waals surface area contributed by atoms with E-state index in [0.29, 0.717) is 12.0 Å². The zero-order chi connectivity index (χ0) is 9.84. The van der Waals surface area contributed by atoms with Gasteiger partial charge in [-0.2, -0.15) is 0 Å². The molecular weight excluding hydrogens is 173 g/mol. The predicted molar refractivity (Wildman–Crippen MR) is 46.7 cm³/mol. The van der Waals surface area contributed by atoms with E-state index in [1.165, 1.54) is 12.1 Å². The SMILES string of the molecule is N[C@H](CCO)c1ccc(F)c(O)c1. The van der Waals surface area contributed by atoms with Crippen LogP contribution in [0.3, 0.4) is 0 Å². The summed E-state index contributed by atoms with van der Waals surface area (Å²) in [7, 11) is 0. The minimum Gasteiger partial charge on any atom is -0.505 e. The molecule has 4 N–H and O–H groups in total. The molecule has 0 spiro atoms. The van der Waals surface area contributed by atoms with Crippen LogP contribution in [0.15, 0.2) is 18.2 Å². The molecule has 0 heterocycles. The molecule has 3 nitrogen and oxygen atoms in total. The molecule has 4 heteroatoms. The standard InChI is InChI=1S/C9H12FNO2/c10-7-2-1-6(5-9(7)13)8(11)3-4-12/h1-2,5,8,12-13H,3-4,11H2/t8-/m1/s1. The molecular formula is C9H12FNO2. The third-order valence-corrected chi connectivity index (χ3v) is 1.84. The number of nitrogens with two attached hydrogens (primary N) is 1. The Kier molecular flexibility index (Phi) is 3.22. The van der Waals surface area contributed by atoms with E-state index in [-0.39, 0.29) is 12.6 Å². The number of phenolic OH excluding ortho intramolecular Hbond substituents is 1. The van der Waals surface area contributed by atoms with Crippen LogP contribution in [0.2, 0.25) is 0 Å². The number of halogens is 1. The molecule has 0 bridgehead atoms. The molecule has 1 aromatic carbocycles. The summed E-state index contributed by atoms with van der Waals surface area (Å²) in [6, 6.07) is 3.56. The van der Waals surface area contributed by atoms with Gasteiger partial charge in [0.15, 0.2) is 11.6 Å². The average molecular weight is 185 g/mol. The summed E-state index contributed by atoms with van der Waals surface area (Å²) in [5, 5.41) is 17.6. The monoisotopic (exact) mass is 185 g/mol. The van der Waals surface area contributed by atoms with E-state index in [2.05, 4.69) is 0 Å². The first-order valence-corrected chi connectivity index (χ1v) is 4.00. The third kappa shape index (κ3) is 2.40. The molecule has 0 unspecified atom stereocenters. The van der Waals surface area contributed by atoms with Gasteiger partial charge in [-0.3, -0.25) is 0 Å². The molecule has 0 aromatic heterocycles. The van der Waals surface area contributed by atoms with E-state index < -0.39 is 11.6 Å². The van der Waals surface area contributed by atoms with Gasteiger partial charge in [-0.05, 0) is 24.1 Å². The van der Waals surface area contributed by atoms with Crippen LogP contribution >= 0.6 is 0 Å². The zero-order valence-electron chi connectivity index (χ0n) is 7.07. The van der Waals surface area contributed by atoms with Gasteiger partial charge < -0.3 is 15.9 Å². The third-order valence-electron chi connectivity index (χ3n) is 1.84. The quantitative estimate of drug-likeness (QED) is 0.655. The second-order valence-electron chi connectivity index (χ2n) is 2.83. The number of hydrogen-bond donors (Lipinski definition) is 3. The van der Waals surface area contributed by atoms with Crippen molar-refractivity contribution in [2.24, 2.45) is 5.73 Å².